The number of carbonyl (C=O) groups is 1. The zero-order valence-corrected chi connectivity index (χ0v) is 19.5. The molecule has 0 atom stereocenters. The fourth-order valence-corrected chi connectivity index (χ4v) is 4.17. The van der Waals surface area contributed by atoms with Gasteiger partial charge in [-0.2, -0.15) is 13.5 Å². The number of benzene rings is 4. The second-order valence-corrected chi connectivity index (χ2v) is 9.21. The highest BCUT2D eigenvalue weighted by Crippen LogP contribution is 2.28. The Morgan fingerprint density at radius 2 is 1.69 bits per heavy atom. The number of sulfonamides is 1. The summed E-state index contributed by atoms with van der Waals surface area (Å²) in [7, 11) is -2.35. The van der Waals surface area contributed by atoms with Gasteiger partial charge in [0, 0.05) is 0 Å². The quantitative estimate of drug-likeness (QED) is 0.285. The third kappa shape index (κ3) is 5.77. The molecule has 0 saturated carbocycles. The smallest absolute Gasteiger partial charge is 0.276 e. The van der Waals surface area contributed by atoms with Crippen LogP contribution in [0.2, 0.25) is 0 Å². The third-order valence-electron chi connectivity index (χ3n) is 5.19. The lowest BCUT2D eigenvalue weighted by atomic mass is 10.1. The molecule has 0 saturated heterocycles. The van der Waals surface area contributed by atoms with Crippen LogP contribution in [0.1, 0.15) is 21.5 Å². The summed E-state index contributed by atoms with van der Waals surface area (Å²) in [6.07, 6.45) is 1.36. The van der Waals surface area contributed by atoms with E-state index in [1.807, 2.05) is 24.3 Å². The van der Waals surface area contributed by atoms with Crippen molar-refractivity contribution in [1.82, 2.24) is 4.83 Å². The average Bonchev–Trinajstić information content (AvgIpc) is 2.87. The van der Waals surface area contributed by atoms with Gasteiger partial charge in [0.2, 0.25) is 0 Å². The lowest BCUT2D eigenvalue weighted by Gasteiger charge is -2.12. The summed E-state index contributed by atoms with van der Waals surface area (Å²) in [6.45, 7) is 0.197. The Kier molecular flexibility index (Phi) is 6.98. The lowest BCUT2D eigenvalue weighted by Crippen LogP contribution is -2.22. The van der Waals surface area contributed by atoms with Crippen molar-refractivity contribution in [2.75, 3.05) is 7.11 Å². The Balaban J connectivity index is 1.42. The summed E-state index contributed by atoms with van der Waals surface area (Å²) in [6, 6.07) is 23.6. The zero-order valence-electron chi connectivity index (χ0n) is 18.7. The number of carbonyl (C=O) groups excluding carboxylic acids is 1. The predicted octanol–water partition coefficient (Wildman–Crippen LogP) is 3.10. The SMILES string of the molecule is COc1cc(/C=N\NS(=O)(=O)c2ccc3ccccc3c2)ccc1OCc1ccc(C(=O)[O-])cc1. The van der Waals surface area contributed by atoms with Gasteiger partial charge in [-0.15, -0.1) is 0 Å². The molecule has 1 N–H and O–H groups in total. The van der Waals surface area contributed by atoms with Gasteiger partial charge in [-0.3, -0.25) is 0 Å². The van der Waals surface area contributed by atoms with Gasteiger partial charge in [0.1, 0.15) is 6.61 Å². The van der Waals surface area contributed by atoms with Gasteiger partial charge < -0.3 is 19.4 Å². The van der Waals surface area contributed by atoms with Gasteiger partial charge in [-0.1, -0.05) is 54.6 Å². The van der Waals surface area contributed by atoms with E-state index in [9.17, 15) is 18.3 Å². The van der Waals surface area contributed by atoms with E-state index in [-0.39, 0.29) is 17.1 Å². The molecule has 0 aromatic heterocycles. The molecular formula is C26H21N2O6S-. The highest BCUT2D eigenvalue weighted by atomic mass is 32.2. The highest BCUT2D eigenvalue weighted by Gasteiger charge is 2.13. The number of hydrogen-bond acceptors (Lipinski definition) is 7. The molecule has 0 amide bonds. The van der Waals surface area contributed by atoms with Gasteiger partial charge in [0.25, 0.3) is 10.0 Å². The molecular weight excluding hydrogens is 468 g/mol. The molecule has 4 aromatic rings. The van der Waals surface area contributed by atoms with E-state index < -0.39 is 16.0 Å². The summed E-state index contributed by atoms with van der Waals surface area (Å²) < 4.78 is 36.4. The number of methoxy groups -OCH3 is 1. The summed E-state index contributed by atoms with van der Waals surface area (Å²) >= 11 is 0. The van der Waals surface area contributed by atoms with Crippen LogP contribution < -0.4 is 19.4 Å². The standard InChI is InChI=1S/C26H22N2O6S/c1-33-25-14-19(8-13-24(25)34-17-18-6-9-21(10-7-18)26(29)30)16-27-28-35(31,32)23-12-11-20-4-2-3-5-22(20)15-23/h2-16,28H,17H2,1H3,(H,29,30)/p-1/b27-16-. The Bertz CT molecular complexity index is 1500. The molecule has 0 heterocycles. The number of carboxylic acids is 1. The summed E-state index contributed by atoms with van der Waals surface area (Å²) in [5.74, 6) is -0.348. The second kappa shape index (κ2) is 10.3. The number of rotatable bonds is 9. The average molecular weight is 490 g/mol. The molecule has 178 valence electrons. The maximum Gasteiger partial charge on any atom is 0.276 e. The largest absolute Gasteiger partial charge is 0.545 e. The van der Waals surface area contributed by atoms with Crippen LogP contribution in [-0.2, 0) is 16.6 Å². The van der Waals surface area contributed by atoms with Crippen molar-refractivity contribution >= 4 is 33.0 Å². The molecule has 0 bridgehead atoms. The fourth-order valence-electron chi connectivity index (χ4n) is 3.34. The number of hydrazone groups is 1. The first-order chi connectivity index (χ1) is 16.9. The second-order valence-electron chi connectivity index (χ2n) is 7.55. The lowest BCUT2D eigenvalue weighted by molar-refractivity contribution is -0.255. The summed E-state index contributed by atoms with van der Waals surface area (Å²) in [5, 5.41) is 16.5. The number of hydrogen-bond donors (Lipinski definition) is 1. The Morgan fingerprint density at radius 1 is 0.943 bits per heavy atom. The number of carboxylic acid groups (broad SMARTS) is 1. The van der Waals surface area contributed by atoms with Gasteiger partial charge in [0.15, 0.2) is 11.5 Å². The van der Waals surface area contributed by atoms with E-state index in [1.165, 1.54) is 31.5 Å². The van der Waals surface area contributed by atoms with Crippen LogP contribution in [0.25, 0.3) is 10.8 Å². The minimum atomic E-state index is -3.84. The number of aromatic carboxylic acids is 1. The monoisotopic (exact) mass is 489 g/mol. The molecule has 0 aliphatic rings. The Hall–Kier alpha value is -4.37. The van der Waals surface area contributed by atoms with Crippen molar-refractivity contribution in [2.45, 2.75) is 11.5 Å². The molecule has 0 aliphatic heterocycles. The van der Waals surface area contributed by atoms with Crippen LogP contribution in [0.15, 0.2) is 94.9 Å². The van der Waals surface area contributed by atoms with Gasteiger partial charge in [-0.25, -0.2) is 4.83 Å². The Labute approximate surface area is 202 Å². The minimum Gasteiger partial charge on any atom is -0.545 e. The molecule has 9 heteroatoms. The summed E-state index contributed by atoms with van der Waals surface area (Å²) in [5.41, 5.74) is 1.45. The van der Waals surface area contributed by atoms with Crippen molar-refractivity contribution in [2.24, 2.45) is 5.10 Å². The molecule has 4 rings (SSSR count). The molecule has 0 spiro atoms. The van der Waals surface area contributed by atoms with Gasteiger partial charge in [-0.05, 0) is 57.8 Å². The van der Waals surface area contributed by atoms with Gasteiger partial charge in [0.05, 0.1) is 24.2 Å². The van der Waals surface area contributed by atoms with Crippen LogP contribution in [0.5, 0.6) is 11.5 Å². The van der Waals surface area contributed by atoms with Crippen LogP contribution in [0.4, 0.5) is 0 Å². The van der Waals surface area contributed by atoms with E-state index in [2.05, 4.69) is 9.93 Å². The number of nitrogens with one attached hydrogen (secondary N) is 1. The molecule has 0 fully saturated rings. The number of ether oxygens (including phenoxy) is 2. The molecule has 8 nitrogen and oxygen atoms in total. The molecule has 4 aromatic carbocycles. The fraction of sp³-hybridized carbons (Fsp3) is 0.0769. The van der Waals surface area contributed by atoms with Crippen LogP contribution in [0.3, 0.4) is 0 Å². The van der Waals surface area contributed by atoms with Crippen LogP contribution >= 0.6 is 0 Å². The normalized spacial score (nSPS) is 11.5. The molecule has 0 radical (unpaired) electrons. The first kappa shape index (κ1) is 23.8. The molecule has 0 aliphatic carbocycles. The van der Waals surface area contributed by atoms with Crippen molar-refractivity contribution < 1.29 is 27.8 Å². The van der Waals surface area contributed by atoms with Crippen molar-refractivity contribution in [3.05, 3.63) is 102 Å². The van der Waals surface area contributed by atoms with E-state index in [1.54, 1.807) is 42.5 Å². The minimum absolute atomic E-state index is 0.0891. The van der Waals surface area contributed by atoms with Gasteiger partial charge >= 0.3 is 0 Å². The number of nitrogens with zero attached hydrogens (tertiary/aromatic N) is 1. The maximum absolute atomic E-state index is 12.6. The number of fused-ring (bicyclic) bond motifs is 1. The van der Waals surface area contributed by atoms with E-state index in [4.69, 9.17) is 9.47 Å². The maximum atomic E-state index is 12.6. The van der Waals surface area contributed by atoms with Crippen molar-refractivity contribution in [3.63, 3.8) is 0 Å². The molecule has 0 unspecified atom stereocenters. The van der Waals surface area contributed by atoms with Crippen molar-refractivity contribution in [3.8, 4) is 11.5 Å². The zero-order chi connectivity index (χ0) is 24.8. The van der Waals surface area contributed by atoms with E-state index in [0.717, 1.165) is 16.3 Å². The summed E-state index contributed by atoms with van der Waals surface area (Å²) in [4.78, 5) is 13.2. The van der Waals surface area contributed by atoms with Crippen molar-refractivity contribution in [1.29, 1.82) is 0 Å². The predicted molar refractivity (Wildman–Crippen MR) is 130 cm³/mol. The van der Waals surface area contributed by atoms with Crippen LogP contribution in [0, 0.1) is 0 Å². The molecule has 35 heavy (non-hydrogen) atoms. The van der Waals surface area contributed by atoms with E-state index >= 15 is 0 Å². The third-order valence-corrected chi connectivity index (χ3v) is 6.41. The van der Waals surface area contributed by atoms with E-state index in [0.29, 0.717) is 17.1 Å². The first-order valence-electron chi connectivity index (χ1n) is 10.5. The Morgan fingerprint density at radius 3 is 2.40 bits per heavy atom. The highest BCUT2D eigenvalue weighted by molar-refractivity contribution is 7.89. The topological polar surface area (TPSA) is 117 Å². The first-order valence-corrected chi connectivity index (χ1v) is 12.0. The van der Waals surface area contributed by atoms with Crippen LogP contribution in [-0.4, -0.2) is 27.7 Å².